The van der Waals surface area contributed by atoms with Crippen LogP contribution in [0.15, 0.2) is 41.2 Å². The first-order valence-electron chi connectivity index (χ1n) is 6.27. The van der Waals surface area contributed by atoms with Gasteiger partial charge in [0.25, 0.3) is 11.5 Å². The molecule has 7 heteroatoms. The van der Waals surface area contributed by atoms with Crippen LogP contribution < -0.4 is 15.6 Å². The lowest BCUT2D eigenvalue weighted by Crippen LogP contribution is -2.31. The normalized spacial score (nSPS) is 10.2. The van der Waals surface area contributed by atoms with Crippen LogP contribution in [0, 0.1) is 0 Å². The van der Waals surface area contributed by atoms with Gasteiger partial charge in [-0.15, -0.1) is 0 Å². The van der Waals surface area contributed by atoms with E-state index in [1.54, 1.807) is 24.3 Å². The maximum atomic E-state index is 11.8. The van der Waals surface area contributed by atoms with Gasteiger partial charge in [0.05, 0.1) is 6.54 Å². The molecule has 2 aromatic rings. The van der Waals surface area contributed by atoms with E-state index in [4.69, 9.17) is 16.3 Å². The number of rotatable bonds is 5. The number of aryl methyl sites for hydroxylation is 1. The van der Waals surface area contributed by atoms with Crippen molar-refractivity contribution in [1.82, 2.24) is 15.1 Å². The minimum Gasteiger partial charge on any atom is -0.492 e. The van der Waals surface area contributed by atoms with Gasteiger partial charge < -0.3 is 10.1 Å². The highest BCUT2D eigenvalue weighted by molar-refractivity contribution is 6.30. The first-order valence-corrected chi connectivity index (χ1v) is 6.65. The maximum Gasteiger partial charge on any atom is 0.271 e. The molecule has 0 aliphatic carbocycles. The zero-order valence-corrected chi connectivity index (χ0v) is 12.1. The first kappa shape index (κ1) is 15.1. The first-order chi connectivity index (χ1) is 10.1. The Balaban J connectivity index is 1.81. The van der Waals surface area contributed by atoms with Crippen LogP contribution in [0.1, 0.15) is 10.5 Å². The lowest BCUT2D eigenvalue weighted by Gasteiger charge is -2.08. The van der Waals surface area contributed by atoms with E-state index >= 15 is 0 Å². The van der Waals surface area contributed by atoms with Gasteiger partial charge in [0.1, 0.15) is 18.1 Å². The largest absolute Gasteiger partial charge is 0.492 e. The molecule has 0 aliphatic rings. The number of benzene rings is 1. The molecule has 0 saturated carbocycles. The predicted octanol–water partition coefficient (Wildman–Crippen LogP) is 1.24. The fourth-order valence-electron chi connectivity index (χ4n) is 1.60. The molecule has 0 bridgehead atoms. The Labute approximate surface area is 126 Å². The van der Waals surface area contributed by atoms with Crippen LogP contribution in [0.5, 0.6) is 5.75 Å². The van der Waals surface area contributed by atoms with Crippen molar-refractivity contribution in [2.45, 2.75) is 0 Å². The molecule has 0 saturated heterocycles. The number of carbonyl (C=O) groups is 1. The highest BCUT2D eigenvalue weighted by atomic mass is 35.5. The number of halogens is 1. The highest BCUT2D eigenvalue weighted by Crippen LogP contribution is 2.16. The molecule has 0 spiro atoms. The number of ether oxygens (including phenoxy) is 1. The van der Waals surface area contributed by atoms with Crippen LogP contribution in [0.25, 0.3) is 0 Å². The van der Waals surface area contributed by atoms with Gasteiger partial charge in [-0.05, 0) is 24.3 Å². The Hall–Kier alpha value is -2.34. The molecule has 0 radical (unpaired) electrons. The van der Waals surface area contributed by atoms with Gasteiger partial charge in [0.2, 0.25) is 0 Å². The SMILES string of the molecule is Cn1nc(C(=O)NCCOc2cccc(Cl)c2)ccc1=O. The second-order valence-electron chi connectivity index (χ2n) is 4.24. The summed E-state index contributed by atoms with van der Waals surface area (Å²) in [4.78, 5) is 23.0. The fraction of sp³-hybridized carbons (Fsp3) is 0.214. The van der Waals surface area contributed by atoms with Crippen LogP contribution in [-0.2, 0) is 7.05 Å². The third-order valence-electron chi connectivity index (χ3n) is 2.65. The summed E-state index contributed by atoms with van der Waals surface area (Å²) in [7, 11) is 1.49. The molecule has 0 fully saturated rings. The average Bonchev–Trinajstić information content (AvgIpc) is 2.46. The van der Waals surface area contributed by atoms with Crippen LogP contribution in [0.3, 0.4) is 0 Å². The summed E-state index contributed by atoms with van der Waals surface area (Å²) >= 11 is 5.83. The summed E-state index contributed by atoms with van der Waals surface area (Å²) in [5.74, 6) is 0.275. The molecular formula is C14H14ClN3O3. The second kappa shape index (κ2) is 6.90. The zero-order chi connectivity index (χ0) is 15.2. The Morgan fingerprint density at radius 2 is 2.19 bits per heavy atom. The number of aromatic nitrogens is 2. The molecule has 1 amide bonds. The van der Waals surface area contributed by atoms with E-state index in [0.717, 1.165) is 4.68 Å². The van der Waals surface area contributed by atoms with Crippen LogP contribution >= 0.6 is 11.6 Å². The standard InChI is InChI=1S/C14H14ClN3O3/c1-18-13(19)6-5-12(17-18)14(20)16-7-8-21-11-4-2-3-10(15)9-11/h2-6,9H,7-8H2,1H3,(H,16,20). The lowest BCUT2D eigenvalue weighted by molar-refractivity contribution is 0.0939. The zero-order valence-electron chi connectivity index (χ0n) is 11.4. The van der Waals surface area contributed by atoms with E-state index in [1.807, 2.05) is 0 Å². The van der Waals surface area contributed by atoms with Crippen molar-refractivity contribution in [2.75, 3.05) is 13.2 Å². The molecule has 1 aromatic carbocycles. The summed E-state index contributed by atoms with van der Waals surface area (Å²) < 4.78 is 6.55. The molecule has 0 aliphatic heterocycles. The Morgan fingerprint density at radius 3 is 2.90 bits per heavy atom. The molecule has 1 N–H and O–H groups in total. The molecule has 1 heterocycles. The van der Waals surface area contributed by atoms with Gasteiger partial charge in [-0.3, -0.25) is 9.59 Å². The maximum absolute atomic E-state index is 11.8. The number of nitrogens with zero attached hydrogens (tertiary/aromatic N) is 2. The molecular weight excluding hydrogens is 294 g/mol. The van der Waals surface area contributed by atoms with Crippen molar-refractivity contribution in [1.29, 1.82) is 0 Å². The summed E-state index contributed by atoms with van der Waals surface area (Å²) in [6.45, 7) is 0.619. The number of hydrogen-bond acceptors (Lipinski definition) is 4. The smallest absolute Gasteiger partial charge is 0.271 e. The number of carbonyl (C=O) groups excluding carboxylic acids is 1. The van der Waals surface area contributed by atoms with Crippen LogP contribution in [0.4, 0.5) is 0 Å². The van der Waals surface area contributed by atoms with Crippen molar-refractivity contribution in [3.63, 3.8) is 0 Å². The molecule has 0 unspecified atom stereocenters. The lowest BCUT2D eigenvalue weighted by atomic mass is 10.3. The molecule has 21 heavy (non-hydrogen) atoms. The highest BCUT2D eigenvalue weighted by Gasteiger charge is 2.07. The molecule has 2 rings (SSSR count). The molecule has 1 aromatic heterocycles. The number of hydrogen-bond donors (Lipinski definition) is 1. The predicted molar refractivity (Wildman–Crippen MR) is 78.8 cm³/mol. The van der Waals surface area contributed by atoms with Crippen molar-refractivity contribution >= 4 is 17.5 Å². The summed E-state index contributed by atoms with van der Waals surface area (Å²) in [5.41, 5.74) is -0.0873. The average molecular weight is 308 g/mol. The van der Waals surface area contributed by atoms with Gasteiger partial charge in [-0.2, -0.15) is 5.10 Å². The van der Waals surface area contributed by atoms with Crippen molar-refractivity contribution < 1.29 is 9.53 Å². The van der Waals surface area contributed by atoms with Crippen molar-refractivity contribution in [3.05, 3.63) is 57.5 Å². The monoisotopic (exact) mass is 307 g/mol. The Morgan fingerprint density at radius 1 is 1.38 bits per heavy atom. The van der Waals surface area contributed by atoms with Gasteiger partial charge in [0, 0.05) is 18.1 Å². The van der Waals surface area contributed by atoms with E-state index in [1.165, 1.54) is 19.2 Å². The summed E-state index contributed by atoms with van der Waals surface area (Å²) in [6.07, 6.45) is 0. The van der Waals surface area contributed by atoms with E-state index in [9.17, 15) is 9.59 Å². The van der Waals surface area contributed by atoms with Crippen molar-refractivity contribution in [2.24, 2.45) is 7.05 Å². The van der Waals surface area contributed by atoms with Gasteiger partial charge in [-0.25, -0.2) is 4.68 Å². The quantitative estimate of drug-likeness (QED) is 0.844. The van der Waals surface area contributed by atoms with Gasteiger partial charge >= 0.3 is 0 Å². The van der Waals surface area contributed by atoms with Gasteiger partial charge in [0.15, 0.2) is 0 Å². The molecule has 6 nitrogen and oxygen atoms in total. The van der Waals surface area contributed by atoms with E-state index < -0.39 is 0 Å². The van der Waals surface area contributed by atoms with E-state index in [2.05, 4.69) is 10.4 Å². The Bertz CT molecular complexity index is 700. The Kier molecular flexibility index (Phi) is 4.94. The number of nitrogens with one attached hydrogen (secondary N) is 1. The van der Waals surface area contributed by atoms with Crippen LogP contribution in [0.2, 0.25) is 5.02 Å². The minimum absolute atomic E-state index is 0.180. The second-order valence-corrected chi connectivity index (χ2v) is 4.68. The fourth-order valence-corrected chi connectivity index (χ4v) is 1.78. The van der Waals surface area contributed by atoms with Crippen LogP contribution in [-0.4, -0.2) is 28.8 Å². The number of amides is 1. The summed E-state index contributed by atoms with van der Waals surface area (Å²) in [5, 5.41) is 7.10. The molecule has 110 valence electrons. The third kappa shape index (κ3) is 4.32. The minimum atomic E-state index is -0.361. The summed E-state index contributed by atoms with van der Waals surface area (Å²) in [6, 6.07) is 9.69. The molecule has 0 atom stereocenters. The van der Waals surface area contributed by atoms with E-state index in [0.29, 0.717) is 23.9 Å². The van der Waals surface area contributed by atoms with Gasteiger partial charge in [-0.1, -0.05) is 17.7 Å². The topological polar surface area (TPSA) is 73.2 Å². The third-order valence-corrected chi connectivity index (χ3v) is 2.88. The van der Waals surface area contributed by atoms with E-state index in [-0.39, 0.29) is 17.2 Å². The van der Waals surface area contributed by atoms with Crippen molar-refractivity contribution in [3.8, 4) is 5.75 Å².